The first-order valence-electron chi connectivity index (χ1n) is 10.9. The van der Waals surface area contributed by atoms with Crippen molar-refractivity contribution in [2.45, 2.75) is 6.54 Å². The predicted octanol–water partition coefficient (Wildman–Crippen LogP) is 4.45. The Kier molecular flexibility index (Phi) is 5.59. The monoisotopic (exact) mass is 437 g/mol. The highest BCUT2D eigenvalue weighted by Crippen LogP contribution is 2.32. The lowest BCUT2D eigenvalue weighted by atomic mass is 9.96. The van der Waals surface area contributed by atoms with Crippen molar-refractivity contribution in [3.8, 4) is 11.3 Å². The van der Waals surface area contributed by atoms with Crippen molar-refractivity contribution >= 4 is 28.5 Å². The van der Waals surface area contributed by atoms with Gasteiger partial charge in [0.2, 0.25) is 5.91 Å². The highest BCUT2D eigenvalue weighted by Gasteiger charge is 2.28. The second kappa shape index (κ2) is 8.84. The summed E-state index contributed by atoms with van der Waals surface area (Å²) < 4.78 is 0. The minimum absolute atomic E-state index is 0.000616. The fraction of sp³-hybridized carbons (Fsp3) is 0.148. The maximum absolute atomic E-state index is 12.9. The molecule has 1 saturated heterocycles. The van der Waals surface area contributed by atoms with Gasteiger partial charge in [0.05, 0.1) is 23.3 Å². The number of hydrogen-bond acceptors (Lipinski definition) is 4. The lowest BCUT2D eigenvalue weighted by Gasteiger charge is -2.35. The van der Waals surface area contributed by atoms with Gasteiger partial charge >= 0.3 is 5.97 Å². The van der Waals surface area contributed by atoms with Crippen LogP contribution in [-0.2, 0) is 11.3 Å². The number of benzene rings is 3. The number of carbonyl (C=O) groups is 2. The summed E-state index contributed by atoms with van der Waals surface area (Å²) >= 11 is 0. The molecular weight excluding hydrogens is 414 g/mol. The van der Waals surface area contributed by atoms with Crippen LogP contribution in [0.15, 0.2) is 84.9 Å². The topological polar surface area (TPSA) is 73.7 Å². The SMILES string of the molecule is O=C(O)c1c(CN2CCN(c3ccccc3)C(=O)C2)c(-c2ccccc2)nc2ccccc12. The Labute approximate surface area is 191 Å². The summed E-state index contributed by atoms with van der Waals surface area (Å²) in [7, 11) is 0. The van der Waals surface area contributed by atoms with E-state index in [1.807, 2.05) is 83.8 Å². The molecule has 6 heteroatoms. The van der Waals surface area contributed by atoms with E-state index < -0.39 is 5.97 Å². The van der Waals surface area contributed by atoms with Crippen molar-refractivity contribution in [1.82, 2.24) is 9.88 Å². The van der Waals surface area contributed by atoms with Crippen LogP contribution in [0.3, 0.4) is 0 Å². The number of pyridine rings is 1. The van der Waals surface area contributed by atoms with Gasteiger partial charge in [-0.2, -0.15) is 0 Å². The molecule has 1 N–H and O–H groups in total. The van der Waals surface area contributed by atoms with Gasteiger partial charge in [0.15, 0.2) is 0 Å². The van der Waals surface area contributed by atoms with Crippen LogP contribution >= 0.6 is 0 Å². The zero-order chi connectivity index (χ0) is 22.8. The Morgan fingerprint density at radius 3 is 2.24 bits per heavy atom. The molecule has 5 rings (SSSR count). The minimum atomic E-state index is -0.991. The number of aromatic carboxylic acids is 1. The van der Waals surface area contributed by atoms with E-state index in [0.29, 0.717) is 41.8 Å². The maximum Gasteiger partial charge on any atom is 0.336 e. The third-order valence-electron chi connectivity index (χ3n) is 6.00. The summed E-state index contributed by atoms with van der Waals surface area (Å²) in [6.07, 6.45) is 0. The molecule has 2 heterocycles. The van der Waals surface area contributed by atoms with Crippen molar-refractivity contribution in [2.24, 2.45) is 0 Å². The molecule has 4 aromatic rings. The fourth-order valence-electron chi connectivity index (χ4n) is 4.45. The molecule has 3 aromatic carbocycles. The number of piperazine rings is 1. The Hall–Kier alpha value is -4.03. The standard InChI is InChI=1S/C27H23N3O3/c31-24-18-29(15-16-30(24)20-11-5-2-6-12-20)17-22-25(27(32)33)21-13-7-8-14-23(21)28-26(22)19-9-3-1-4-10-19/h1-14H,15-18H2,(H,32,33). The number of carbonyl (C=O) groups excluding carboxylic acids is 1. The highest BCUT2D eigenvalue weighted by molar-refractivity contribution is 6.05. The number of fused-ring (bicyclic) bond motifs is 1. The fourth-order valence-corrected chi connectivity index (χ4v) is 4.45. The van der Waals surface area contributed by atoms with E-state index in [4.69, 9.17) is 4.98 Å². The molecule has 33 heavy (non-hydrogen) atoms. The first kappa shape index (κ1) is 20.8. The van der Waals surface area contributed by atoms with Gasteiger partial charge in [-0.25, -0.2) is 9.78 Å². The number of para-hydroxylation sites is 2. The molecule has 1 amide bonds. The third kappa shape index (κ3) is 4.08. The summed E-state index contributed by atoms with van der Waals surface area (Å²) in [5.41, 5.74) is 3.90. The zero-order valence-corrected chi connectivity index (χ0v) is 18.0. The van der Waals surface area contributed by atoms with Crippen molar-refractivity contribution in [3.05, 3.63) is 96.1 Å². The van der Waals surface area contributed by atoms with E-state index in [2.05, 4.69) is 0 Å². The van der Waals surface area contributed by atoms with Crippen molar-refractivity contribution in [2.75, 3.05) is 24.5 Å². The normalized spacial score (nSPS) is 14.5. The second-order valence-corrected chi connectivity index (χ2v) is 8.09. The molecule has 1 fully saturated rings. The summed E-state index contributed by atoms with van der Waals surface area (Å²) in [6.45, 7) is 1.74. The quantitative estimate of drug-likeness (QED) is 0.499. The Bertz CT molecular complexity index is 1320. The first-order valence-corrected chi connectivity index (χ1v) is 10.9. The summed E-state index contributed by atoms with van der Waals surface area (Å²) in [5, 5.41) is 10.8. The van der Waals surface area contributed by atoms with Gasteiger partial charge in [0, 0.05) is 41.8 Å². The van der Waals surface area contributed by atoms with E-state index in [1.165, 1.54) is 0 Å². The van der Waals surface area contributed by atoms with E-state index >= 15 is 0 Å². The number of nitrogens with zero attached hydrogens (tertiary/aromatic N) is 3. The Morgan fingerprint density at radius 2 is 1.55 bits per heavy atom. The number of aromatic nitrogens is 1. The van der Waals surface area contributed by atoms with Crippen molar-refractivity contribution < 1.29 is 14.7 Å². The van der Waals surface area contributed by atoms with Crippen LogP contribution in [0.4, 0.5) is 5.69 Å². The molecule has 0 atom stereocenters. The largest absolute Gasteiger partial charge is 0.478 e. The summed E-state index contributed by atoms with van der Waals surface area (Å²) in [5.74, 6) is -0.991. The van der Waals surface area contributed by atoms with E-state index in [0.717, 1.165) is 11.3 Å². The van der Waals surface area contributed by atoms with Crippen LogP contribution in [0.5, 0.6) is 0 Å². The van der Waals surface area contributed by atoms with E-state index in [1.54, 1.807) is 11.0 Å². The van der Waals surface area contributed by atoms with Crippen LogP contribution in [0.25, 0.3) is 22.2 Å². The number of carboxylic acids is 1. The molecule has 0 radical (unpaired) electrons. The van der Waals surface area contributed by atoms with Crippen LogP contribution in [0.2, 0.25) is 0 Å². The number of anilines is 1. The Morgan fingerprint density at radius 1 is 0.879 bits per heavy atom. The molecule has 0 saturated carbocycles. The minimum Gasteiger partial charge on any atom is -0.478 e. The van der Waals surface area contributed by atoms with Crippen LogP contribution < -0.4 is 4.90 Å². The molecule has 164 valence electrons. The summed E-state index contributed by atoms with van der Waals surface area (Å²) in [4.78, 5) is 34.0. The van der Waals surface area contributed by atoms with Gasteiger partial charge in [0.1, 0.15) is 0 Å². The number of amides is 1. The molecule has 1 aliphatic heterocycles. The van der Waals surface area contributed by atoms with Crippen molar-refractivity contribution in [3.63, 3.8) is 0 Å². The van der Waals surface area contributed by atoms with Crippen LogP contribution in [0.1, 0.15) is 15.9 Å². The molecule has 1 aliphatic rings. The second-order valence-electron chi connectivity index (χ2n) is 8.09. The van der Waals surface area contributed by atoms with Gasteiger partial charge < -0.3 is 10.0 Å². The Balaban J connectivity index is 1.54. The smallest absolute Gasteiger partial charge is 0.336 e. The molecule has 1 aromatic heterocycles. The predicted molar refractivity (Wildman–Crippen MR) is 128 cm³/mol. The summed E-state index contributed by atoms with van der Waals surface area (Å²) in [6, 6.07) is 26.5. The molecule has 0 unspecified atom stereocenters. The molecule has 0 spiro atoms. The molecular formula is C27H23N3O3. The average Bonchev–Trinajstić information content (AvgIpc) is 2.84. The van der Waals surface area contributed by atoms with E-state index in [-0.39, 0.29) is 18.0 Å². The van der Waals surface area contributed by atoms with Crippen LogP contribution in [0, 0.1) is 0 Å². The van der Waals surface area contributed by atoms with E-state index in [9.17, 15) is 14.7 Å². The average molecular weight is 437 g/mol. The number of carboxylic acid groups (broad SMARTS) is 1. The van der Waals surface area contributed by atoms with Gasteiger partial charge in [-0.3, -0.25) is 9.69 Å². The van der Waals surface area contributed by atoms with Crippen molar-refractivity contribution in [1.29, 1.82) is 0 Å². The lowest BCUT2D eigenvalue weighted by Crippen LogP contribution is -2.50. The van der Waals surface area contributed by atoms with Gasteiger partial charge in [-0.05, 0) is 18.2 Å². The first-order chi connectivity index (χ1) is 16.1. The highest BCUT2D eigenvalue weighted by atomic mass is 16.4. The molecule has 6 nitrogen and oxygen atoms in total. The molecule has 0 aliphatic carbocycles. The maximum atomic E-state index is 12.9. The third-order valence-corrected chi connectivity index (χ3v) is 6.00. The lowest BCUT2D eigenvalue weighted by molar-refractivity contribution is -0.121. The number of hydrogen-bond donors (Lipinski definition) is 1. The van der Waals surface area contributed by atoms with Gasteiger partial charge in [-0.1, -0.05) is 66.7 Å². The zero-order valence-electron chi connectivity index (χ0n) is 18.0. The van der Waals surface area contributed by atoms with Gasteiger partial charge in [0.25, 0.3) is 0 Å². The number of rotatable bonds is 5. The molecule has 0 bridgehead atoms. The van der Waals surface area contributed by atoms with Crippen LogP contribution in [-0.4, -0.2) is 46.5 Å². The van der Waals surface area contributed by atoms with Gasteiger partial charge in [-0.15, -0.1) is 0 Å².